The topological polar surface area (TPSA) is 41.3 Å². The van der Waals surface area contributed by atoms with Gasteiger partial charge in [0.15, 0.2) is 5.58 Å². The fraction of sp³-hybridized carbons (Fsp3) is 0.364. The molecule has 3 rings (SSSR count). The maximum absolute atomic E-state index is 6.08. The van der Waals surface area contributed by atoms with Crippen LogP contribution in [0.3, 0.4) is 0 Å². The number of hydrogen-bond donors (Lipinski definition) is 1. The maximum atomic E-state index is 6.08. The highest BCUT2D eigenvalue weighted by Gasteiger charge is 2.18. The zero-order valence-corrected chi connectivity index (χ0v) is 10.6. The average Bonchev–Trinajstić information content (AvgIpc) is 2.80. The zero-order chi connectivity index (χ0) is 11.8. The lowest BCUT2D eigenvalue weighted by atomic mass is 10.3. The standard InChI is InChI=1S/C11H11Cl2N3O/c12-7-1-2-8-10(9(7)13)17-11(15-8)16-5-3-14-4-6-16/h1-2,14H,3-6H2. The quantitative estimate of drug-likeness (QED) is 0.866. The van der Waals surface area contributed by atoms with Crippen molar-refractivity contribution >= 4 is 40.3 Å². The summed E-state index contributed by atoms with van der Waals surface area (Å²) < 4.78 is 5.69. The maximum Gasteiger partial charge on any atom is 0.298 e. The van der Waals surface area contributed by atoms with Gasteiger partial charge in [0.25, 0.3) is 6.01 Å². The largest absolute Gasteiger partial charge is 0.422 e. The summed E-state index contributed by atoms with van der Waals surface area (Å²) in [6, 6.07) is 4.17. The summed E-state index contributed by atoms with van der Waals surface area (Å²) in [6.07, 6.45) is 0. The van der Waals surface area contributed by atoms with Gasteiger partial charge in [0, 0.05) is 26.2 Å². The van der Waals surface area contributed by atoms with Gasteiger partial charge in [-0.15, -0.1) is 0 Å². The van der Waals surface area contributed by atoms with Crippen molar-refractivity contribution in [3.8, 4) is 0 Å². The van der Waals surface area contributed by atoms with Crippen LogP contribution in [0, 0.1) is 0 Å². The number of aromatic nitrogens is 1. The molecular weight excluding hydrogens is 261 g/mol. The van der Waals surface area contributed by atoms with Crippen molar-refractivity contribution < 1.29 is 4.42 Å². The molecular formula is C11H11Cl2N3O. The van der Waals surface area contributed by atoms with Gasteiger partial charge in [0.05, 0.1) is 5.02 Å². The SMILES string of the molecule is Clc1ccc2nc(N3CCNCC3)oc2c1Cl. The normalized spacial score (nSPS) is 16.7. The van der Waals surface area contributed by atoms with Gasteiger partial charge in [0.2, 0.25) is 0 Å². The van der Waals surface area contributed by atoms with E-state index >= 15 is 0 Å². The molecule has 1 aromatic carbocycles. The number of rotatable bonds is 1. The molecule has 1 aliphatic rings. The van der Waals surface area contributed by atoms with E-state index in [4.69, 9.17) is 27.6 Å². The Balaban J connectivity index is 2.04. The van der Waals surface area contributed by atoms with Crippen LogP contribution in [0.2, 0.25) is 10.0 Å². The summed E-state index contributed by atoms with van der Waals surface area (Å²) in [5.74, 6) is 0. The molecule has 2 heterocycles. The minimum absolute atomic E-state index is 0.429. The predicted octanol–water partition coefficient (Wildman–Crippen LogP) is 2.54. The van der Waals surface area contributed by atoms with E-state index in [0.717, 1.165) is 31.7 Å². The van der Waals surface area contributed by atoms with E-state index in [9.17, 15) is 0 Å². The van der Waals surface area contributed by atoms with Crippen LogP contribution in [0.5, 0.6) is 0 Å². The minimum atomic E-state index is 0.429. The molecule has 1 saturated heterocycles. The average molecular weight is 272 g/mol. The summed E-state index contributed by atoms with van der Waals surface area (Å²) >= 11 is 12.0. The third-order valence-corrected chi connectivity index (χ3v) is 3.61. The lowest BCUT2D eigenvalue weighted by Crippen LogP contribution is -2.43. The molecule has 0 radical (unpaired) electrons. The highest BCUT2D eigenvalue weighted by Crippen LogP contribution is 2.33. The summed E-state index contributed by atoms with van der Waals surface area (Å²) in [4.78, 5) is 6.52. The number of oxazole rings is 1. The Labute approximate surface area is 108 Å². The van der Waals surface area contributed by atoms with Crippen molar-refractivity contribution in [2.75, 3.05) is 31.1 Å². The van der Waals surface area contributed by atoms with Crippen molar-refractivity contribution in [2.45, 2.75) is 0 Å². The van der Waals surface area contributed by atoms with Crippen molar-refractivity contribution in [3.05, 3.63) is 22.2 Å². The summed E-state index contributed by atoms with van der Waals surface area (Å²) in [5, 5.41) is 4.20. The molecule has 1 aromatic heterocycles. The number of hydrogen-bond acceptors (Lipinski definition) is 4. The van der Waals surface area contributed by atoms with Crippen LogP contribution in [0.1, 0.15) is 0 Å². The van der Waals surface area contributed by atoms with Gasteiger partial charge in [-0.3, -0.25) is 0 Å². The molecule has 0 atom stereocenters. The van der Waals surface area contributed by atoms with E-state index in [1.165, 1.54) is 0 Å². The van der Waals surface area contributed by atoms with Crippen LogP contribution in [-0.2, 0) is 0 Å². The van der Waals surface area contributed by atoms with E-state index in [2.05, 4.69) is 15.2 Å². The molecule has 0 spiro atoms. The Morgan fingerprint density at radius 2 is 2.00 bits per heavy atom. The number of piperazine rings is 1. The van der Waals surface area contributed by atoms with Gasteiger partial charge in [0.1, 0.15) is 10.5 Å². The molecule has 90 valence electrons. The molecule has 2 aromatic rings. The van der Waals surface area contributed by atoms with Crippen LogP contribution < -0.4 is 10.2 Å². The molecule has 1 fully saturated rings. The Morgan fingerprint density at radius 1 is 1.24 bits per heavy atom. The molecule has 6 heteroatoms. The van der Waals surface area contributed by atoms with E-state index in [-0.39, 0.29) is 0 Å². The smallest absolute Gasteiger partial charge is 0.298 e. The van der Waals surface area contributed by atoms with Crippen LogP contribution in [-0.4, -0.2) is 31.2 Å². The summed E-state index contributed by atoms with van der Waals surface area (Å²) in [6.45, 7) is 3.65. The number of anilines is 1. The molecule has 0 unspecified atom stereocenters. The Bertz CT molecular complexity index is 549. The van der Waals surface area contributed by atoms with E-state index in [1.807, 2.05) is 6.07 Å². The van der Waals surface area contributed by atoms with Gasteiger partial charge in [-0.1, -0.05) is 23.2 Å². The highest BCUT2D eigenvalue weighted by atomic mass is 35.5. The Hall–Kier alpha value is -0.970. The number of nitrogens with zero attached hydrogens (tertiary/aromatic N) is 2. The minimum Gasteiger partial charge on any atom is -0.422 e. The van der Waals surface area contributed by atoms with Gasteiger partial charge in [-0.2, -0.15) is 4.98 Å². The molecule has 1 aliphatic heterocycles. The molecule has 0 bridgehead atoms. The fourth-order valence-corrected chi connectivity index (χ4v) is 2.26. The second-order valence-corrected chi connectivity index (χ2v) is 4.73. The van der Waals surface area contributed by atoms with Gasteiger partial charge >= 0.3 is 0 Å². The second-order valence-electron chi connectivity index (χ2n) is 3.94. The Kier molecular flexibility index (Phi) is 2.86. The van der Waals surface area contributed by atoms with Gasteiger partial charge in [-0.25, -0.2) is 0 Å². The van der Waals surface area contributed by atoms with Gasteiger partial charge in [-0.05, 0) is 12.1 Å². The first-order valence-electron chi connectivity index (χ1n) is 5.46. The van der Waals surface area contributed by atoms with Crippen molar-refractivity contribution in [1.29, 1.82) is 0 Å². The lowest BCUT2D eigenvalue weighted by molar-refractivity contribution is 0.517. The number of benzene rings is 1. The second kappa shape index (κ2) is 4.37. The van der Waals surface area contributed by atoms with Crippen LogP contribution in [0.25, 0.3) is 11.1 Å². The monoisotopic (exact) mass is 271 g/mol. The third kappa shape index (κ3) is 1.97. The van der Waals surface area contributed by atoms with Gasteiger partial charge < -0.3 is 14.6 Å². The van der Waals surface area contributed by atoms with E-state index < -0.39 is 0 Å². The molecule has 1 N–H and O–H groups in total. The molecule has 0 saturated carbocycles. The molecule has 17 heavy (non-hydrogen) atoms. The number of nitrogens with one attached hydrogen (secondary N) is 1. The van der Waals surface area contributed by atoms with Crippen molar-refractivity contribution in [3.63, 3.8) is 0 Å². The van der Waals surface area contributed by atoms with Crippen molar-refractivity contribution in [2.24, 2.45) is 0 Å². The van der Waals surface area contributed by atoms with Crippen LogP contribution in [0.15, 0.2) is 16.5 Å². The Morgan fingerprint density at radius 3 is 2.76 bits per heavy atom. The zero-order valence-electron chi connectivity index (χ0n) is 9.04. The lowest BCUT2D eigenvalue weighted by Gasteiger charge is -2.25. The molecule has 4 nitrogen and oxygen atoms in total. The summed E-state index contributed by atoms with van der Waals surface area (Å²) in [5.41, 5.74) is 1.31. The highest BCUT2D eigenvalue weighted by molar-refractivity contribution is 6.44. The van der Waals surface area contributed by atoms with Crippen molar-refractivity contribution in [1.82, 2.24) is 10.3 Å². The summed E-state index contributed by atoms with van der Waals surface area (Å²) in [7, 11) is 0. The molecule has 0 amide bonds. The first kappa shape index (κ1) is 11.1. The third-order valence-electron chi connectivity index (χ3n) is 2.83. The fourth-order valence-electron chi connectivity index (χ4n) is 1.92. The first-order valence-corrected chi connectivity index (χ1v) is 6.21. The number of fused-ring (bicyclic) bond motifs is 1. The van der Waals surface area contributed by atoms with Crippen LogP contribution in [0.4, 0.5) is 6.01 Å². The van der Waals surface area contributed by atoms with E-state index in [1.54, 1.807) is 6.07 Å². The predicted molar refractivity (Wildman–Crippen MR) is 69.1 cm³/mol. The molecule has 0 aliphatic carbocycles. The number of halogens is 2. The van der Waals surface area contributed by atoms with Crippen LogP contribution >= 0.6 is 23.2 Å². The first-order chi connectivity index (χ1) is 8.25. The van der Waals surface area contributed by atoms with E-state index in [0.29, 0.717) is 21.6 Å².